The van der Waals surface area contributed by atoms with Crippen LogP contribution in [0.2, 0.25) is 0 Å². The summed E-state index contributed by atoms with van der Waals surface area (Å²) in [5.74, 6) is 0.547. The van der Waals surface area contributed by atoms with Crippen LogP contribution < -0.4 is 5.32 Å². The number of nitrogens with one attached hydrogen (secondary N) is 1. The third kappa shape index (κ3) is 3.44. The number of carbonyl (C=O) groups is 1. The second-order valence-corrected chi connectivity index (χ2v) is 5.51. The SMILES string of the molecule is CC1(C)CC1C(=O)NCCCCI. The first-order valence-corrected chi connectivity index (χ1v) is 6.44. The molecule has 1 aliphatic carbocycles. The molecule has 1 saturated carbocycles. The Morgan fingerprint density at radius 3 is 2.62 bits per heavy atom. The Balaban J connectivity index is 2.06. The van der Waals surface area contributed by atoms with Gasteiger partial charge in [0.15, 0.2) is 0 Å². The summed E-state index contributed by atoms with van der Waals surface area (Å²) in [6, 6.07) is 0. The third-order valence-electron chi connectivity index (χ3n) is 2.69. The summed E-state index contributed by atoms with van der Waals surface area (Å²) in [6.07, 6.45) is 3.38. The maximum absolute atomic E-state index is 11.5. The Labute approximate surface area is 94.0 Å². The molecule has 1 N–H and O–H groups in total. The zero-order valence-corrected chi connectivity index (χ0v) is 10.6. The fourth-order valence-electron chi connectivity index (χ4n) is 1.47. The average Bonchev–Trinajstić information content (AvgIpc) is 2.69. The van der Waals surface area contributed by atoms with Gasteiger partial charge in [0.25, 0.3) is 0 Å². The molecule has 76 valence electrons. The molecule has 0 heterocycles. The maximum Gasteiger partial charge on any atom is 0.223 e. The first-order chi connectivity index (χ1) is 6.08. The largest absolute Gasteiger partial charge is 0.356 e. The summed E-state index contributed by atoms with van der Waals surface area (Å²) in [6.45, 7) is 5.17. The van der Waals surface area contributed by atoms with Crippen molar-refractivity contribution in [3.8, 4) is 0 Å². The van der Waals surface area contributed by atoms with Crippen LogP contribution in [0.15, 0.2) is 0 Å². The molecule has 0 saturated heterocycles. The van der Waals surface area contributed by atoms with E-state index in [1.165, 1.54) is 10.8 Å². The number of hydrogen-bond donors (Lipinski definition) is 1. The lowest BCUT2D eigenvalue weighted by Gasteiger charge is -2.05. The van der Waals surface area contributed by atoms with Gasteiger partial charge >= 0.3 is 0 Å². The van der Waals surface area contributed by atoms with Crippen LogP contribution in [0.3, 0.4) is 0 Å². The Hall–Kier alpha value is 0.200. The standard InChI is InChI=1S/C10H18INO/c1-10(2)7-8(10)9(13)12-6-4-3-5-11/h8H,3-7H2,1-2H3,(H,12,13). The van der Waals surface area contributed by atoms with Crippen LogP contribution >= 0.6 is 22.6 Å². The van der Waals surface area contributed by atoms with Gasteiger partial charge in [0, 0.05) is 12.5 Å². The predicted molar refractivity (Wildman–Crippen MR) is 63.0 cm³/mol. The first-order valence-electron chi connectivity index (χ1n) is 4.91. The van der Waals surface area contributed by atoms with E-state index in [-0.39, 0.29) is 17.2 Å². The van der Waals surface area contributed by atoms with E-state index in [2.05, 4.69) is 41.8 Å². The van der Waals surface area contributed by atoms with E-state index in [0.717, 1.165) is 19.4 Å². The highest BCUT2D eigenvalue weighted by Gasteiger charge is 2.50. The Morgan fingerprint density at radius 2 is 2.15 bits per heavy atom. The van der Waals surface area contributed by atoms with Gasteiger partial charge in [-0.05, 0) is 29.1 Å². The molecule has 1 amide bonds. The van der Waals surface area contributed by atoms with Crippen molar-refractivity contribution in [2.45, 2.75) is 33.1 Å². The van der Waals surface area contributed by atoms with E-state index in [1.807, 2.05) is 0 Å². The maximum atomic E-state index is 11.5. The van der Waals surface area contributed by atoms with Crippen molar-refractivity contribution in [3.63, 3.8) is 0 Å². The number of amides is 1. The molecular weight excluding hydrogens is 277 g/mol. The summed E-state index contributed by atoms with van der Waals surface area (Å²) in [4.78, 5) is 11.5. The van der Waals surface area contributed by atoms with Crippen molar-refractivity contribution in [2.24, 2.45) is 11.3 Å². The van der Waals surface area contributed by atoms with Crippen molar-refractivity contribution in [1.82, 2.24) is 5.32 Å². The lowest BCUT2D eigenvalue weighted by Crippen LogP contribution is -2.27. The molecular formula is C10H18INO. The number of hydrogen-bond acceptors (Lipinski definition) is 1. The quantitative estimate of drug-likeness (QED) is 0.471. The van der Waals surface area contributed by atoms with Crippen LogP contribution in [0.25, 0.3) is 0 Å². The lowest BCUT2D eigenvalue weighted by molar-refractivity contribution is -0.122. The van der Waals surface area contributed by atoms with E-state index in [0.29, 0.717) is 0 Å². The van der Waals surface area contributed by atoms with E-state index in [1.54, 1.807) is 0 Å². The highest BCUT2D eigenvalue weighted by atomic mass is 127. The van der Waals surface area contributed by atoms with Gasteiger partial charge < -0.3 is 5.32 Å². The van der Waals surface area contributed by atoms with E-state index in [4.69, 9.17) is 0 Å². The van der Waals surface area contributed by atoms with Crippen LogP contribution in [0.1, 0.15) is 33.1 Å². The number of carbonyl (C=O) groups excluding carboxylic acids is 1. The van der Waals surface area contributed by atoms with Crippen LogP contribution in [-0.2, 0) is 4.79 Å². The molecule has 0 aromatic rings. The fraction of sp³-hybridized carbons (Fsp3) is 0.900. The van der Waals surface area contributed by atoms with Gasteiger partial charge in [-0.15, -0.1) is 0 Å². The predicted octanol–water partition coefficient (Wildman–Crippen LogP) is 2.36. The van der Waals surface area contributed by atoms with Gasteiger partial charge in [-0.25, -0.2) is 0 Å². The summed E-state index contributed by atoms with van der Waals surface area (Å²) >= 11 is 2.36. The molecule has 1 fully saturated rings. The van der Waals surface area contributed by atoms with Crippen molar-refractivity contribution in [3.05, 3.63) is 0 Å². The summed E-state index contributed by atoms with van der Waals surface area (Å²) < 4.78 is 1.18. The lowest BCUT2D eigenvalue weighted by atomic mass is 10.1. The number of halogens is 1. The summed E-state index contributed by atoms with van der Waals surface area (Å²) in [5.41, 5.74) is 0.271. The molecule has 0 bridgehead atoms. The van der Waals surface area contributed by atoms with Crippen molar-refractivity contribution in [2.75, 3.05) is 11.0 Å². The normalized spacial score (nSPS) is 24.1. The monoisotopic (exact) mass is 295 g/mol. The minimum Gasteiger partial charge on any atom is -0.356 e. The van der Waals surface area contributed by atoms with Crippen LogP contribution in [-0.4, -0.2) is 16.9 Å². The average molecular weight is 295 g/mol. The highest BCUT2D eigenvalue weighted by molar-refractivity contribution is 14.1. The van der Waals surface area contributed by atoms with E-state index in [9.17, 15) is 4.79 Å². The molecule has 1 aliphatic rings. The second-order valence-electron chi connectivity index (χ2n) is 4.43. The minimum absolute atomic E-state index is 0.262. The Kier molecular flexibility index (Phi) is 4.01. The van der Waals surface area contributed by atoms with Crippen molar-refractivity contribution < 1.29 is 4.79 Å². The molecule has 0 spiro atoms. The van der Waals surface area contributed by atoms with Gasteiger partial charge in [-0.2, -0.15) is 0 Å². The number of rotatable bonds is 5. The summed E-state index contributed by atoms with van der Waals surface area (Å²) in [5, 5.41) is 2.99. The minimum atomic E-state index is 0.262. The zero-order chi connectivity index (χ0) is 9.90. The van der Waals surface area contributed by atoms with Crippen LogP contribution in [0, 0.1) is 11.3 Å². The molecule has 0 radical (unpaired) electrons. The molecule has 1 atom stereocenters. The van der Waals surface area contributed by atoms with Gasteiger partial charge in [-0.3, -0.25) is 4.79 Å². The van der Waals surface area contributed by atoms with Gasteiger partial charge in [0.05, 0.1) is 0 Å². The Bertz CT molecular complexity index is 191. The van der Waals surface area contributed by atoms with Gasteiger partial charge in [0.2, 0.25) is 5.91 Å². The third-order valence-corrected chi connectivity index (χ3v) is 3.45. The van der Waals surface area contributed by atoms with Gasteiger partial charge in [0.1, 0.15) is 0 Å². The van der Waals surface area contributed by atoms with Crippen LogP contribution in [0.4, 0.5) is 0 Å². The molecule has 1 unspecified atom stereocenters. The fourth-order valence-corrected chi connectivity index (χ4v) is 2.01. The zero-order valence-electron chi connectivity index (χ0n) is 8.40. The first kappa shape index (κ1) is 11.3. The van der Waals surface area contributed by atoms with Crippen molar-refractivity contribution in [1.29, 1.82) is 0 Å². The van der Waals surface area contributed by atoms with E-state index < -0.39 is 0 Å². The molecule has 2 nitrogen and oxygen atoms in total. The van der Waals surface area contributed by atoms with Crippen LogP contribution in [0.5, 0.6) is 0 Å². The topological polar surface area (TPSA) is 29.1 Å². The summed E-state index contributed by atoms with van der Waals surface area (Å²) in [7, 11) is 0. The van der Waals surface area contributed by atoms with E-state index >= 15 is 0 Å². The molecule has 1 rings (SSSR count). The second kappa shape index (κ2) is 4.62. The molecule has 13 heavy (non-hydrogen) atoms. The molecule has 0 aromatic heterocycles. The molecule has 0 aromatic carbocycles. The smallest absolute Gasteiger partial charge is 0.223 e. The van der Waals surface area contributed by atoms with Gasteiger partial charge in [-0.1, -0.05) is 36.4 Å². The highest BCUT2D eigenvalue weighted by Crippen LogP contribution is 2.51. The Morgan fingerprint density at radius 1 is 1.54 bits per heavy atom. The molecule has 3 heteroatoms. The molecule has 0 aliphatic heterocycles. The number of unbranched alkanes of at least 4 members (excludes halogenated alkanes) is 1. The number of alkyl halides is 1. The van der Waals surface area contributed by atoms with Crippen molar-refractivity contribution >= 4 is 28.5 Å².